The van der Waals surface area contributed by atoms with Gasteiger partial charge in [0.25, 0.3) is 0 Å². The van der Waals surface area contributed by atoms with Gasteiger partial charge in [0.05, 0.1) is 11.9 Å². The first-order valence-corrected chi connectivity index (χ1v) is 9.83. The van der Waals surface area contributed by atoms with Crippen molar-refractivity contribution in [2.75, 3.05) is 41.3 Å². The third-order valence-corrected chi connectivity index (χ3v) is 5.43. The van der Waals surface area contributed by atoms with Gasteiger partial charge >= 0.3 is 0 Å². The predicted molar refractivity (Wildman–Crippen MR) is 106 cm³/mol. The summed E-state index contributed by atoms with van der Waals surface area (Å²) < 4.78 is 0. The first-order valence-electron chi connectivity index (χ1n) is 9.83. The summed E-state index contributed by atoms with van der Waals surface area (Å²) >= 11 is 0. The second kappa shape index (κ2) is 8.33. The molecule has 2 fully saturated rings. The molecular weight excluding hydrogens is 340 g/mol. The summed E-state index contributed by atoms with van der Waals surface area (Å²) in [6, 6.07) is 5.78. The highest BCUT2D eigenvalue weighted by atomic mass is 16.1. The van der Waals surface area contributed by atoms with E-state index in [-0.39, 0.29) is 11.8 Å². The predicted octanol–water partition coefficient (Wildman–Crippen LogP) is 2.72. The normalized spacial score (nSPS) is 18.4. The van der Waals surface area contributed by atoms with Gasteiger partial charge < -0.3 is 15.1 Å². The summed E-state index contributed by atoms with van der Waals surface area (Å²) in [6.45, 7) is 3.48. The minimum absolute atomic E-state index is 0.140. The average molecular weight is 366 g/mol. The number of piperazine rings is 1. The van der Waals surface area contributed by atoms with E-state index in [4.69, 9.17) is 0 Å². The molecule has 4 rings (SSSR count). The van der Waals surface area contributed by atoms with Crippen LogP contribution in [0.15, 0.2) is 36.8 Å². The van der Waals surface area contributed by atoms with Crippen LogP contribution in [0.3, 0.4) is 0 Å². The lowest BCUT2D eigenvalue weighted by Crippen LogP contribution is -2.47. The molecule has 1 amide bonds. The highest BCUT2D eigenvalue weighted by Gasteiger charge is 2.22. The van der Waals surface area contributed by atoms with Gasteiger partial charge in [-0.05, 0) is 31.0 Å². The van der Waals surface area contributed by atoms with Gasteiger partial charge in [-0.2, -0.15) is 0 Å². The molecule has 0 radical (unpaired) electrons. The van der Waals surface area contributed by atoms with E-state index in [0.717, 1.165) is 69.3 Å². The Morgan fingerprint density at radius 1 is 0.926 bits per heavy atom. The van der Waals surface area contributed by atoms with E-state index in [1.165, 1.54) is 6.42 Å². The smallest absolute Gasteiger partial charge is 0.227 e. The zero-order valence-corrected chi connectivity index (χ0v) is 15.5. The van der Waals surface area contributed by atoms with Gasteiger partial charge in [-0.25, -0.2) is 15.0 Å². The molecular formula is C20H26N6O. The summed E-state index contributed by atoms with van der Waals surface area (Å²) in [5.74, 6) is 2.03. The monoisotopic (exact) mass is 366 g/mol. The summed E-state index contributed by atoms with van der Waals surface area (Å²) in [5.41, 5.74) is 0.783. The number of anilines is 3. The van der Waals surface area contributed by atoms with Crippen LogP contribution in [-0.4, -0.2) is 47.0 Å². The van der Waals surface area contributed by atoms with Crippen LogP contribution in [0.25, 0.3) is 0 Å². The number of amides is 1. The topological polar surface area (TPSA) is 74.2 Å². The molecule has 1 saturated heterocycles. The molecule has 1 saturated carbocycles. The van der Waals surface area contributed by atoms with E-state index in [0.29, 0.717) is 0 Å². The molecule has 0 bridgehead atoms. The molecule has 0 aromatic carbocycles. The largest absolute Gasteiger partial charge is 0.353 e. The number of nitrogens with zero attached hydrogens (tertiary/aromatic N) is 5. The summed E-state index contributed by atoms with van der Waals surface area (Å²) in [5, 5.41) is 3.03. The summed E-state index contributed by atoms with van der Waals surface area (Å²) in [7, 11) is 0. The Hall–Kier alpha value is -2.70. The number of pyridine rings is 1. The fraction of sp³-hybridized carbons (Fsp3) is 0.500. The Bertz CT molecular complexity index is 737. The van der Waals surface area contributed by atoms with Crippen molar-refractivity contribution in [1.29, 1.82) is 0 Å². The molecule has 0 atom stereocenters. The first kappa shape index (κ1) is 17.7. The van der Waals surface area contributed by atoms with Crippen LogP contribution >= 0.6 is 0 Å². The maximum Gasteiger partial charge on any atom is 0.227 e. The van der Waals surface area contributed by atoms with Crippen molar-refractivity contribution in [3.05, 3.63) is 36.8 Å². The number of carbonyl (C=O) groups is 1. The van der Waals surface area contributed by atoms with Crippen molar-refractivity contribution >= 4 is 23.4 Å². The van der Waals surface area contributed by atoms with Crippen molar-refractivity contribution in [2.45, 2.75) is 32.1 Å². The van der Waals surface area contributed by atoms with E-state index >= 15 is 0 Å². The molecule has 0 spiro atoms. The average Bonchev–Trinajstić information content (AvgIpc) is 2.76. The van der Waals surface area contributed by atoms with Crippen LogP contribution in [0.4, 0.5) is 17.5 Å². The lowest BCUT2D eigenvalue weighted by molar-refractivity contribution is -0.120. The van der Waals surface area contributed by atoms with Gasteiger partial charge in [-0.1, -0.05) is 19.3 Å². The molecule has 7 nitrogen and oxygen atoms in total. The molecule has 1 N–H and O–H groups in total. The minimum Gasteiger partial charge on any atom is -0.353 e. The molecule has 1 aliphatic carbocycles. The van der Waals surface area contributed by atoms with Crippen LogP contribution in [-0.2, 0) is 4.79 Å². The van der Waals surface area contributed by atoms with Crippen LogP contribution in [0.2, 0.25) is 0 Å². The molecule has 0 unspecified atom stereocenters. The van der Waals surface area contributed by atoms with E-state index in [1.54, 1.807) is 18.6 Å². The maximum absolute atomic E-state index is 12.4. The summed E-state index contributed by atoms with van der Waals surface area (Å²) in [6.07, 6.45) is 10.9. The highest BCUT2D eigenvalue weighted by Crippen LogP contribution is 2.25. The van der Waals surface area contributed by atoms with Crippen molar-refractivity contribution in [3.63, 3.8) is 0 Å². The van der Waals surface area contributed by atoms with Crippen LogP contribution in [0, 0.1) is 5.92 Å². The number of aromatic nitrogens is 3. The molecule has 1 aliphatic heterocycles. The van der Waals surface area contributed by atoms with Gasteiger partial charge in [0, 0.05) is 44.5 Å². The number of nitrogens with one attached hydrogen (secondary N) is 1. The van der Waals surface area contributed by atoms with Gasteiger partial charge in [-0.15, -0.1) is 0 Å². The number of hydrogen-bond acceptors (Lipinski definition) is 6. The number of rotatable bonds is 4. The van der Waals surface area contributed by atoms with Crippen molar-refractivity contribution in [3.8, 4) is 0 Å². The number of hydrogen-bond donors (Lipinski definition) is 1. The lowest BCUT2D eigenvalue weighted by atomic mass is 9.88. The van der Waals surface area contributed by atoms with E-state index in [2.05, 4.69) is 30.1 Å². The zero-order valence-electron chi connectivity index (χ0n) is 15.5. The van der Waals surface area contributed by atoms with Crippen molar-refractivity contribution < 1.29 is 4.79 Å². The molecule has 142 valence electrons. The molecule has 2 aromatic rings. The van der Waals surface area contributed by atoms with Crippen molar-refractivity contribution in [1.82, 2.24) is 15.0 Å². The zero-order chi connectivity index (χ0) is 18.5. The molecule has 7 heteroatoms. The Morgan fingerprint density at radius 2 is 1.63 bits per heavy atom. The highest BCUT2D eigenvalue weighted by molar-refractivity contribution is 5.92. The van der Waals surface area contributed by atoms with Crippen LogP contribution in [0.5, 0.6) is 0 Å². The second-order valence-electron chi connectivity index (χ2n) is 7.25. The fourth-order valence-electron chi connectivity index (χ4n) is 3.85. The molecule has 2 aromatic heterocycles. The van der Waals surface area contributed by atoms with Crippen LogP contribution < -0.4 is 15.1 Å². The van der Waals surface area contributed by atoms with Gasteiger partial charge in [0.1, 0.15) is 5.82 Å². The SMILES string of the molecule is O=C(Nc1ccc(N2CCN(c3ncccn3)CC2)nc1)C1CCCCC1. The first-order chi connectivity index (χ1) is 13.3. The number of carbonyl (C=O) groups excluding carboxylic acids is 1. The van der Waals surface area contributed by atoms with E-state index in [9.17, 15) is 4.79 Å². The third kappa shape index (κ3) is 4.35. The maximum atomic E-state index is 12.4. The van der Waals surface area contributed by atoms with Crippen LogP contribution in [0.1, 0.15) is 32.1 Å². The standard InChI is InChI=1S/C20H26N6O/c27-19(16-5-2-1-3-6-16)24-17-7-8-18(23-15-17)25-11-13-26(14-12-25)20-21-9-4-10-22-20/h4,7-10,15-16H,1-3,5-6,11-14H2,(H,24,27). The molecule has 2 aliphatic rings. The Balaban J connectivity index is 1.31. The fourth-order valence-corrected chi connectivity index (χ4v) is 3.85. The van der Waals surface area contributed by atoms with Gasteiger partial charge in [0.2, 0.25) is 11.9 Å². The van der Waals surface area contributed by atoms with Crippen molar-refractivity contribution in [2.24, 2.45) is 5.92 Å². The molecule has 27 heavy (non-hydrogen) atoms. The Labute approximate surface area is 159 Å². The van der Waals surface area contributed by atoms with Gasteiger partial charge in [-0.3, -0.25) is 4.79 Å². The third-order valence-electron chi connectivity index (χ3n) is 5.43. The summed E-state index contributed by atoms with van der Waals surface area (Å²) in [4.78, 5) is 30.0. The quantitative estimate of drug-likeness (QED) is 0.897. The minimum atomic E-state index is 0.140. The second-order valence-corrected chi connectivity index (χ2v) is 7.25. The Kier molecular flexibility index (Phi) is 5.46. The van der Waals surface area contributed by atoms with E-state index < -0.39 is 0 Å². The molecule has 3 heterocycles. The van der Waals surface area contributed by atoms with Gasteiger partial charge in [0.15, 0.2) is 0 Å². The van der Waals surface area contributed by atoms with E-state index in [1.807, 2.05) is 18.2 Å². The Morgan fingerprint density at radius 3 is 2.30 bits per heavy atom. The lowest BCUT2D eigenvalue weighted by Gasteiger charge is -2.35.